The Morgan fingerprint density at radius 1 is 0.810 bits per heavy atom. The lowest BCUT2D eigenvalue weighted by molar-refractivity contribution is 0.824. The van der Waals surface area contributed by atoms with Gasteiger partial charge in [0.1, 0.15) is 0 Å². The zero-order valence-corrected chi connectivity index (χ0v) is 15.6. The van der Waals surface area contributed by atoms with Crippen LogP contribution in [0.5, 0.6) is 0 Å². The van der Waals surface area contributed by atoms with Crippen LogP contribution in [0.1, 0.15) is 67.7 Å². The largest absolute Gasteiger partial charge is 0.412 e. The zero-order valence-electron chi connectivity index (χ0n) is 15.6. The molecule has 0 saturated heterocycles. The highest BCUT2D eigenvalue weighted by Crippen LogP contribution is 1.90. The lowest BCUT2D eigenvalue weighted by Gasteiger charge is -1.83. The van der Waals surface area contributed by atoms with E-state index in [1.807, 2.05) is 78.8 Å². The summed E-state index contributed by atoms with van der Waals surface area (Å²) in [5.41, 5.74) is 0. The third-order valence-corrected chi connectivity index (χ3v) is 1.25. The Labute approximate surface area is 135 Å². The molecular weight excluding hydrogens is 258 g/mol. The molecule has 0 aliphatic heterocycles. The Balaban J connectivity index is -0.0000000367. The zero-order chi connectivity index (χ0) is 17.1. The van der Waals surface area contributed by atoms with E-state index >= 15 is 0 Å². The predicted octanol–water partition coefficient (Wildman–Crippen LogP) is 6.55. The fourth-order valence-electron chi connectivity index (χ4n) is 0.586. The molecule has 0 spiro atoms. The van der Waals surface area contributed by atoms with Gasteiger partial charge in [0.15, 0.2) is 0 Å². The lowest BCUT2D eigenvalue weighted by Crippen LogP contribution is -1.70. The highest BCUT2D eigenvalue weighted by atomic mass is 16.0. The highest BCUT2D eigenvalue weighted by Gasteiger charge is 1.75. The van der Waals surface area contributed by atoms with E-state index in [1.54, 1.807) is 6.08 Å². The highest BCUT2D eigenvalue weighted by molar-refractivity contribution is 5.52. The van der Waals surface area contributed by atoms with Crippen molar-refractivity contribution in [3.8, 4) is 0 Å². The molecule has 0 unspecified atom stereocenters. The quantitative estimate of drug-likeness (QED) is 0.259. The first-order valence-electron chi connectivity index (χ1n) is 7.65. The summed E-state index contributed by atoms with van der Waals surface area (Å²) in [5, 5.41) is 6.62. The van der Waals surface area contributed by atoms with Gasteiger partial charge in [-0.3, -0.25) is 0 Å². The van der Waals surface area contributed by atoms with Crippen molar-refractivity contribution in [3.05, 3.63) is 49.6 Å². The van der Waals surface area contributed by atoms with Crippen molar-refractivity contribution in [2.75, 3.05) is 0 Å². The topological polar surface area (TPSA) is 55.4 Å². The molecule has 0 fully saturated rings. The minimum Gasteiger partial charge on any atom is -0.412 e. The van der Waals surface area contributed by atoms with Crippen LogP contribution in [0.2, 0.25) is 0 Å². The molecule has 0 aromatic carbocycles. The first-order chi connectivity index (χ1) is 9.74. The van der Waals surface area contributed by atoms with Gasteiger partial charge in [-0.2, -0.15) is 0 Å². The van der Waals surface area contributed by atoms with Gasteiger partial charge >= 0.3 is 0 Å². The summed E-state index contributed by atoms with van der Waals surface area (Å²) in [6.07, 6.45) is 16.1. The van der Waals surface area contributed by atoms with Gasteiger partial charge in [0, 0.05) is 0 Å². The Bertz CT molecular complexity index is 176. The molecule has 0 aliphatic carbocycles. The fourth-order valence-corrected chi connectivity index (χ4v) is 0.586. The van der Waals surface area contributed by atoms with Crippen molar-refractivity contribution in [3.63, 3.8) is 0 Å². The van der Waals surface area contributed by atoms with Gasteiger partial charge < -0.3 is 10.9 Å². The summed E-state index contributed by atoms with van der Waals surface area (Å²) in [6, 6.07) is 0. The van der Waals surface area contributed by atoms with Crippen molar-refractivity contribution < 1.29 is 5.48 Å². The monoisotopic (exact) mass is 299 g/mol. The average molecular weight is 300 g/mol. The van der Waals surface area contributed by atoms with Gasteiger partial charge in [0.25, 0.3) is 0 Å². The normalized spacial score (nSPS) is 7.19. The van der Waals surface area contributed by atoms with Crippen molar-refractivity contribution >= 4 is 6.21 Å². The van der Waals surface area contributed by atoms with Crippen LogP contribution in [-0.4, -0.2) is 11.7 Å². The van der Waals surface area contributed by atoms with Gasteiger partial charge in [0.2, 0.25) is 0 Å². The van der Waals surface area contributed by atoms with E-state index in [0.717, 1.165) is 19.3 Å². The standard InChI is InChI=1S/C6H11N.C6H10.C3H6.2C2H6.H2O/c1-2-3-4-5-6-7;1-3-5-6-4-2;1-3-2;2*1-2;/h2,6-7H,1,3-5H2;3-6H,1-2H3;3H,1H2,2H3;2*1-2H3;1H2/b;5-3+,6-4+;;;;. The SMILES string of the molecule is C/C=C/C=C/C.C=CC.C=CCCCC=N.CC.CC.O. The second-order valence-corrected chi connectivity index (χ2v) is 2.88. The molecule has 0 rings (SSSR count). The summed E-state index contributed by atoms with van der Waals surface area (Å²) in [5.74, 6) is 0. The molecule has 0 radical (unpaired) electrons. The van der Waals surface area contributed by atoms with Crippen LogP contribution in [-0.2, 0) is 0 Å². The Kier molecular flexibility index (Phi) is 136. The number of rotatable bonds is 5. The minimum atomic E-state index is 0. The second kappa shape index (κ2) is 78.0. The molecule has 0 bridgehead atoms. The van der Waals surface area contributed by atoms with E-state index < -0.39 is 0 Å². The van der Waals surface area contributed by atoms with E-state index in [-0.39, 0.29) is 5.48 Å². The lowest BCUT2D eigenvalue weighted by atomic mass is 10.2. The maximum absolute atomic E-state index is 6.62. The average Bonchev–Trinajstić information content (AvgIpc) is 2.51. The van der Waals surface area contributed by atoms with Crippen LogP contribution in [0.25, 0.3) is 0 Å². The van der Waals surface area contributed by atoms with E-state index in [0.29, 0.717) is 0 Å². The van der Waals surface area contributed by atoms with Gasteiger partial charge in [-0.1, -0.05) is 64.2 Å². The van der Waals surface area contributed by atoms with Crippen LogP contribution >= 0.6 is 0 Å². The molecule has 21 heavy (non-hydrogen) atoms. The number of allylic oxidation sites excluding steroid dienone is 6. The van der Waals surface area contributed by atoms with Crippen molar-refractivity contribution in [2.24, 2.45) is 0 Å². The number of unbranched alkanes of at least 4 members (excludes halogenated alkanes) is 2. The van der Waals surface area contributed by atoms with Gasteiger partial charge in [-0.25, -0.2) is 0 Å². The smallest absolute Gasteiger partial charge is 0.00476 e. The Hall–Kier alpha value is -1.41. The van der Waals surface area contributed by atoms with Gasteiger partial charge in [0.05, 0.1) is 0 Å². The molecule has 0 aromatic heterocycles. The molecule has 0 aliphatic rings. The Morgan fingerprint density at radius 2 is 1.14 bits per heavy atom. The maximum atomic E-state index is 6.62. The van der Waals surface area contributed by atoms with E-state index in [2.05, 4.69) is 13.2 Å². The third-order valence-electron chi connectivity index (χ3n) is 1.25. The second-order valence-electron chi connectivity index (χ2n) is 2.88. The van der Waals surface area contributed by atoms with E-state index in [9.17, 15) is 0 Å². The molecule has 0 aromatic rings. The van der Waals surface area contributed by atoms with Crippen molar-refractivity contribution in [1.29, 1.82) is 5.41 Å². The molecule has 128 valence electrons. The maximum Gasteiger partial charge on any atom is -0.00476 e. The molecular formula is C19H41NO. The summed E-state index contributed by atoms with van der Waals surface area (Å²) in [4.78, 5) is 0. The molecule has 2 nitrogen and oxygen atoms in total. The van der Waals surface area contributed by atoms with Crippen LogP contribution in [0.4, 0.5) is 0 Å². The molecule has 0 atom stereocenters. The van der Waals surface area contributed by atoms with Crippen LogP contribution in [0, 0.1) is 5.41 Å². The molecule has 0 amide bonds. The summed E-state index contributed by atoms with van der Waals surface area (Å²) in [6.45, 7) is 20.8. The third kappa shape index (κ3) is 164. The summed E-state index contributed by atoms with van der Waals surface area (Å²) < 4.78 is 0. The number of hydrogen-bond donors (Lipinski definition) is 1. The van der Waals surface area contributed by atoms with Crippen LogP contribution in [0.15, 0.2) is 49.6 Å². The van der Waals surface area contributed by atoms with E-state index in [4.69, 9.17) is 5.41 Å². The van der Waals surface area contributed by atoms with E-state index in [1.165, 1.54) is 6.21 Å². The predicted molar refractivity (Wildman–Crippen MR) is 105 cm³/mol. The van der Waals surface area contributed by atoms with Crippen molar-refractivity contribution in [2.45, 2.75) is 67.7 Å². The summed E-state index contributed by atoms with van der Waals surface area (Å²) in [7, 11) is 0. The van der Waals surface area contributed by atoms with Crippen LogP contribution < -0.4 is 0 Å². The first kappa shape index (κ1) is 36.7. The Morgan fingerprint density at radius 3 is 1.33 bits per heavy atom. The fraction of sp³-hybridized carbons (Fsp3) is 0.526. The van der Waals surface area contributed by atoms with Crippen molar-refractivity contribution in [1.82, 2.24) is 0 Å². The van der Waals surface area contributed by atoms with Gasteiger partial charge in [-0.05, 0) is 46.2 Å². The molecule has 0 heterocycles. The van der Waals surface area contributed by atoms with Crippen LogP contribution in [0.3, 0.4) is 0 Å². The molecule has 2 heteroatoms. The minimum absolute atomic E-state index is 0. The summed E-state index contributed by atoms with van der Waals surface area (Å²) >= 11 is 0. The van der Waals surface area contributed by atoms with Gasteiger partial charge in [-0.15, -0.1) is 13.2 Å². The molecule has 3 N–H and O–H groups in total. The number of hydrogen-bond acceptors (Lipinski definition) is 1. The molecule has 0 saturated carbocycles. The first-order valence-corrected chi connectivity index (χ1v) is 7.65. The number of nitrogens with one attached hydrogen (secondary N) is 1.